The van der Waals surface area contributed by atoms with E-state index in [1.807, 2.05) is 11.3 Å². The molecule has 1 heterocycles. The van der Waals surface area contributed by atoms with E-state index in [1.165, 1.54) is 21.7 Å². The third-order valence-electron chi connectivity index (χ3n) is 2.82. The van der Waals surface area contributed by atoms with E-state index in [4.69, 9.17) is 9.47 Å². The first kappa shape index (κ1) is 17.6. The van der Waals surface area contributed by atoms with E-state index in [-0.39, 0.29) is 5.60 Å². The molecule has 0 saturated heterocycles. The first-order chi connectivity index (χ1) is 9.42. The highest BCUT2D eigenvalue weighted by molar-refractivity contribution is 7.12. The molecule has 3 nitrogen and oxygen atoms in total. The van der Waals surface area contributed by atoms with Gasteiger partial charge in [0.1, 0.15) is 0 Å². The van der Waals surface area contributed by atoms with Crippen LogP contribution in [0.15, 0.2) is 6.07 Å². The highest BCUT2D eigenvalue weighted by Crippen LogP contribution is 2.22. The van der Waals surface area contributed by atoms with Gasteiger partial charge in [0.25, 0.3) is 0 Å². The van der Waals surface area contributed by atoms with Crippen LogP contribution in [0.1, 0.15) is 49.4 Å². The average Bonchev–Trinajstić information content (AvgIpc) is 2.69. The first-order valence-corrected chi connectivity index (χ1v) is 8.24. The third-order valence-corrected chi connectivity index (χ3v) is 3.91. The van der Waals surface area contributed by atoms with Gasteiger partial charge in [-0.3, -0.25) is 0 Å². The highest BCUT2D eigenvalue weighted by Gasteiger charge is 2.09. The van der Waals surface area contributed by atoms with Crippen molar-refractivity contribution in [1.29, 1.82) is 0 Å². The summed E-state index contributed by atoms with van der Waals surface area (Å²) in [4.78, 5) is 2.75. The Bertz CT molecular complexity index is 382. The summed E-state index contributed by atoms with van der Waals surface area (Å²) in [7, 11) is 0. The number of aryl methyl sites for hydroxylation is 1. The van der Waals surface area contributed by atoms with Crippen LogP contribution in [0, 0.1) is 6.92 Å². The molecule has 0 fully saturated rings. The Kier molecular flexibility index (Phi) is 7.74. The molecule has 1 aromatic heterocycles. The Balaban J connectivity index is 2.26. The van der Waals surface area contributed by atoms with Crippen molar-refractivity contribution in [3.63, 3.8) is 0 Å². The molecule has 0 amide bonds. The topological polar surface area (TPSA) is 30.5 Å². The summed E-state index contributed by atoms with van der Waals surface area (Å²) in [5.41, 5.74) is 1.22. The predicted octanol–water partition coefficient (Wildman–Crippen LogP) is 3.89. The molecule has 4 heteroatoms. The van der Waals surface area contributed by atoms with Gasteiger partial charge >= 0.3 is 0 Å². The predicted molar refractivity (Wildman–Crippen MR) is 86.4 cm³/mol. The fourth-order valence-electron chi connectivity index (χ4n) is 1.80. The van der Waals surface area contributed by atoms with Gasteiger partial charge in [-0.1, -0.05) is 6.92 Å². The van der Waals surface area contributed by atoms with Crippen LogP contribution < -0.4 is 5.32 Å². The molecule has 0 bridgehead atoms. The molecule has 0 spiro atoms. The van der Waals surface area contributed by atoms with E-state index in [9.17, 15) is 0 Å². The molecule has 0 aliphatic rings. The SMILES string of the molecule is CCCNCc1cc(COCCOC(C)(C)C)c(C)s1. The summed E-state index contributed by atoms with van der Waals surface area (Å²) in [5.74, 6) is 0. The van der Waals surface area contributed by atoms with Gasteiger partial charge < -0.3 is 14.8 Å². The lowest BCUT2D eigenvalue weighted by molar-refractivity contribution is -0.0377. The Hall–Kier alpha value is -0.420. The summed E-state index contributed by atoms with van der Waals surface area (Å²) in [6.45, 7) is 14.6. The van der Waals surface area contributed by atoms with Gasteiger partial charge in [0.05, 0.1) is 25.4 Å². The maximum atomic E-state index is 5.70. The van der Waals surface area contributed by atoms with Crippen molar-refractivity contribution in [2.75, 3.05) is 19.8 Å². The normalized spacial score (nSPS) is 12.1. The zero-order valence-corrected chi connectivity index (χ0v) is 14.4. The molecule has 0 atom stereocenters. The minimum atomic E-state index is -0.0836. The zero-order valence-electron chi connectivity index (χ0n) is 13.5. The number of thiophene rings is 1. The van der Waals surface area contributed by atoms with Crippen LogP contribution in [-0.4, -0.2) is 25.4 Å². The lowest BCUT2D eigenvalue weighted by Crippen LogP contribution is -2.21. The maximum absolute atomic E-state index is 5.70. The molecule has 1 aromatic rings. The van der Waals surface area contributed by atoms with Crippen molar-refractivity contribution in [1.82, 2.24) is 5.32 Å². The Labute approximate surface area is 127 Å². The molecule has 20 heavy (non-hydrogen) atoms. The largest absolute Gasteiger partial charge is 0.374 e. The van der Waals surface area contributed by atoms with Gasteiger partial charge in [0.2, 0.25) is 0 Å². The van der Waals surface area contributed by atoms with Gasteiger partial charge in [0.15, 0.2) is 0 Å². The Morgan fingerprint density at radius 2 is 2.00 bits per heavy atom. The van der Waals surface area contributed by atoms with Gasteiger partial charge in [-0.2, -0.15) is 0 Å². The summed E-state index contributed by atoms with van der Waals surface area (Å²) >= 11 is 1.86. The minimum Gasteiger partial charge on any atom is -0.374 e. The van der Waals surface area contributed by atoms with Crippen LogP contribution in [-0.2, 0) is 22.6 Å². The highest BCUT2D eigenvalue weighted by atomic mass is 32.1. The number of rotatable bonds is 9. The van der Waals surface area contributed by atoms with E-state index in [2.05, 4.69) is 46.0 Å². The number of hydrogen-bond donors (Lipinski definition) is 1. The number of nitrogens with one attached hydrogen (secondary N) is 1. The average molecular weight is 299 g/mol. The molecule has 0 aliphatic carbocycles. The van der Waals surface area contributed by atoms with Crippen molar-refractivity contribution in [2.45, 2.75) is 59.8 Å². The monoisotopic (exact) mass is 299 g/mol. The molecular formula is C16H29NO2S. The molecule has 0 aliphatic heterocycles. The van der Waals surface area contributed by atoms with Crippen LogP contribution in [0.2, 0.25) is 0 Å². The lowest BCUT2D eigenvalue weighted by Gasteiger charge is -2.19. The third kappa shape index (κ3) is 7.39. The molecule has 0 radical (unpaired) electrons. The van der Waals surface area contributed by atoms with Crippen LogP contribution >= 0.6 is 11.3 Å². The second kappa shape index (κ2) is 8.78. The molecule has 1 rings (SSSR count). The molecule has 0 unspecified atom stereocenters. The second-order valence-electron chi connectivity index (χ2n) is 5.98. The fraction of sp³-hybridized carbons (Fsp3) is 0.750. The number of ether oxygens (including phenoxy) is 2. The van der Waals surface area contributed by atoms with E-state index < -0.39 is 0 Å². The summed E-state index contributed by atoms with van der Waals surface area (Å²) in [5, 5.41) is 3.43. The van der Waals surface area contributed by atoms with Gasteiger partial charge in [-0.25, -0.2) is 0 Å². The van der Waals surface area contributed by atoms with Gasteiger partial charge in [0, 0.05) is 16.3 Å². The first-order valence-electron chi connectivity index (χ1n) is 7.43. The molecule has 1 N–H and O–H groups in total. The molecular weight excluding hydrogens is 270 g/mol. The summed E-state index contributed by atoms with van der Waals surface area (Å²) in [6.07, 6.45) is 1.17. The van der Waals surface area contributed by atoms with E-state index in [1.54, 1.807) is 0 Å². The van der Waals surface area contributed by atoms with Crippen LogP contribution in [0.3, 0.4) is 0 Å². The summed E-state index contributed by atoms with van der Waals surface area (Å²) < 4.78 is 11.3. The maximum Gasteiger partial charge on any atom is 0.0728 e. The number of hydrogen-bond acceptors (Lipinski definition) is 4. The van der Waals surface area contributed by atoms with Crippen molar-refractivity contribution >= 4 is 11.3 Å². The van der Waals surface area contributed by atoms with Crippen molar-refractivity contribution in [3.8, 4) is 0 Å². The Morgan fingerprint density at radius 3 is 2.65 bits per heavy atom. The smallest absolute Gasteiger partial charge is 0.0728 e. The van der Waals surface area contributed by atoms with Gasteiger partial charge in [-0.05, 0) is 52.3 Å². The molecule has 0 aromatic carbocycles. The quantitative estimate of drug-likeness (QED) is 0.702. The van der Waals surface area contributed by atoms with E-state index >= 15 is 0 Å². The standard InChI is InChI=1S/C16H29NO2S/c1-6-7-17-11-15-10-14(13(2)20-15)12-18-8-9-19-16(3,4)5/h10,17H,6-9,11-12H2,1-5H3. The van der Waals surface area contributed by atoms with Crippen molar-refractivity contribution in [2.24, 2.45) is 0 Å². The summed E-state index contributed by atoms with van der Waals surface area (Å²) in [6, 6.07) is 2.26. The van der Waals surface area contributed by atoms with Crippen LogP contribution in [0.25, 0.3) is 0 Å². The van der Waals surface area contributed by atoms with E-state index in [0.29, 0.717) is 19.8 Å². The van der Waals surface area contributed by atoms with Gasteiger partial charge in [-0.15, -0.1) is 11.3 Å². The van der Waals surface area contributed by atoms with E-state index in [0.717, 1.165) is 13.1 Å². The van der Waals surface area contributed by atoms with Crippen molar-refractivity contribution in [3.05, 3.63) is 21.4 Å². The van der Waals surface area contributed by atoms with Crippen LogP contribution in [0.4, 0.5) is 0 Å². The van der Waals surface area contributed by atoms with Crippen LogP contribution in [0.5, 0.6) is 0 Å². The minimum absolute atomic E-state index is 0.0836. The molecule has 0 saturated carbocycles. The lowest BCUT2D eigenvalue weighted by atomic mass is 10.2. The zero-order chi connectivity index (χ0) is 15.0. The molecule has 116 valence electrons. The second-order valence-corrected chi connectivity index (χ2v) is 7.33. The Morgan fingerprint density at radius 1 is 1.25 bits per heavy atom. The fourth-order valence-corrected chi connectivity index (χ4v) is 2.81. The van der Waals surface area contributed by atoms with Crippen molar-refractivity contribution < 1.29 is 9.47 Å².